The minimum atomic E-state index is -3.38. The van der Waals surface area contributed by atoms with Gasteiger partial charge in [-0.05, 0) is 49.3 Å². The van der Waals surface area contributed by atoms with E-state index < -0.39 is 30.2 Å². The second-order valence-corrected chi connectivity index (χ2v) is 19.2. The van der Waals surface area contributed by atoms with Crippen molar-refractivity contribution in [2.45, 2.75) is 56.8 Å². The monoisotopic (exact) mass is 620 g/mol. The van der Waals surface area contributed by atoms with Gasteiger partial charge in [0.05, 0.1) is 28.1 Å². The molecule has 40 heavy (non-hydrogen) atoms. The summed E-state index contributed by atoms with van der Waals surface area (Å²) >= 11 is 8.01. The summed E-state index contributed by atoms with van der Waals surface area (Å²) in [5, 5.41) is 1.12. The van der Waals surface area contributed by atoms with Crippen molar-refractivity contribution in [1.29, 1.82) is 0 Å². The van der Waals surface area contributed by atoms with Gasteiger partial charge >= 0.3 is 5.97 Å². The van der Waals surface area contributed by atoms with Crippen LogP contribution in [0.25, 0.3) is 16.0 Å². The van der Waals surface area contributed by atoms with E-state index in [-0.39, 0.29) is 14.8 Å². The van der Waals surface area contributed by atoms with E-state index in [1.54, 1.807) is 23.0 Å². The number of hydrogen-bond acceptors (Lipinski definition) is 8. The Morgan fingerprint density at radius 2 is 1.82 bits per heavy atom. The Morgan fingerprint density at radius 1 is 1.12 bits per heavy atom. The third kappa shape index (κ3) is 5.92. The molecule has 0 fully saturated rings. The van der Waals surface area contributed by atoms with Crippen LogP contribution < -0.4 is 9.16 Å². The number of thiophene rings is 1. The summed E-state index contributed by atoms with van der Waals surface area (Å²) in [5.41, 5.74) is 1.92. The molecule has 2 heterocycles. The summed E-state index contributed by atoms with van der Waals surface area (Å²) in [5.74, 6) is 0.405. The van der Waals surface area contributed by atoms with E-state index in [1.165, 1.54) is 30.6 Å². The van der Waals surface area contributed by atoms with E-state index in [2.05, 4.69) is 38.8 Å². The molecule has 0 saturated heterocycles. The van der Waals surface area contributed by atoms with Gasteiger partial charge in [-0.15, -0.1) is 11.3 Å². The molecule has 214 valence electrons. The lowest BCUT2D eigenvalue weighted by Crippen LogP contribution is -2.44. The van der Waals surface area contributed by atoms with Gasteiger partial charge in [0.1, 0.15) is 28.9 Å². The maximum Gasteiger partial charge on any atom is 0.351 e. The molecule has 2 aromatic heterocycles. The molecule has 0 spiro atoms. The first-order chi connectivity index (χ1) is 18.5. The molecule has 4 aromatic rings. The summed E-state index contributed by atoms with van der Waals surface area (Å²) in [6, 6.07) is 12.1. The largest absolute Gasteiger partial charge is 0.542 e. The summed E-state index contributed by atoms with van der Waals surface area (Å²) in [6.07, 6.45) is 2.22. The number of methoxy groups -OCH3 is 1. The number of sulfone groups is 1. The molecule has 0 bridgehead atoms. The van der Waals surface area contributed by atoms with Gasteiger partial charge in [-0.1, -0.05) is 44.5 Å². The predicted molar refractivity (Wildman–Crippen MR) is 162 cm³/mol. The van der Waals surface area contributed by atoms with Crippen molar-refractivity contribution in [2.24, 2.45) is 0 Å². The smallest absolute Gasteiger partial charge is 0.351 e. The molecule has 0 unspecified atom stereocenters. The Morgan fingerprint density at radius 3 is 2.45 bits per heavy atom. The van der Waals surface area contributed by atoms with E-state index >= 15 is 0 Å². The van der Waals surface area contributed by atoms with Crippen molar-refractivity contribution >= 4 is 58.1 Å². The normalized spacial score (nSPS) is 13.3. The Labute approximate surface area is 244 Å². The van der Waals surface area contributed by atoms with Gasteiger partial charge in [0.2, 0.25) is 0 Å². The minimum Gasteiger partial charge on any atom is -0.542 e. The predicted octanol–water partition coefficient (Wildman–Crippen LogP) is 7.45. The van der Waals surface area contributed by atoms with Gasteiger partial charge < -0.3 is 13.9 Å². The molecule has 12 heteroatoms. The van der Waals surface area contributed by atoms with Gasteiger partial charge in [0.25, 0.3) is 8.32 Å². The van der Waals surface area contributed by atoms with Gasteiger partial charge in [0, 0.05) is 17.9 Å². The average Bonchev–Trinajstić information content (AvgIpc) is 3.47. The summed E-state index contributed by atoms with van der Waals surface area (Å²) in [7, 11) is -4.19. The van der Waals surface area contributed by atoms with Crippen LogP contribution in [-0.4, -0.2) is 45.6 Å². The molecule has 8 nitrogen and oxygen atoms in total. The summed E-state index contributed by atoms with van der Waals surface area (Å²) < 4.78 is 43.5. The number of hydrogen-bond donors (Lipinski definition) is 0. The maximum atomic E-state index is 12.7. The van der Waals surface area contributed by atoms with Crippen LogP contribution >= 0.6 is 22.9 Å². The number of carbonyl (C=O) groups is 1. The number of rotatable bonds is 8. The molecule has 0 saturated carbocycles. The summed E-state index contributed by atoms with van der Waals surface area (Å²) in [4.78, 5) is 17.5. The number of imidazole rings is 1. The number of aromatic nitrogens is 2. The van der Waals surface area contributed by atoms with Crippen molar-refractivity contribution in [3.8, 4) is 16.5 Å². The fourth-order valence-corrected chi connectivity index (χ4v) is 6.85. The topological polar surface area (TPSA) is 96.7 Å². The van der Waals surface area contributed by atoms with E-state index in [9.17, 15) is 13.2 Å². The quantitative estimate of drug-likeness (QED) is 0.149. The molecule has 2 aromatic carbocycles. The zero-order valence-electron chi connectivity index (χ0n) is 23.7. The first-order valence-corrected chi connectivity index (χ1v) is 18.6. The fraction of sp³-hybridized carbons (Fsp3) is 0.357. The van der Waals surface area contributed by atoms with Crippen molar-refractivity contribution in [2.75, 3.05) is 13.4 Å². The number of ether oxygens (including phenoxy) is 2. The highest BCUT2D eigenvalue weighted by atomic mass is 35.5. The zero-order chi connectivity index (χ0) is 29.6. The second-order valence-electron chi connectivity index (χ2n) is 11.1. The number of nitrogens with zero attached hydrogens (tertiary/aromatic N) is 2. The molecule has 0 aliphatic rings. The number of esters is 1. The molecule has 0 amide bonds. The molecule has 4 rings (SSSR count). The average molecular weight is 621 g/mol. The summed E-state index contributed by atoms with van der Waals surface area (Å²) in [6.45, 7) is 12.7. The van der Waals surface area contributed by atoms with E-state index in [4.69, 9.17) is 25.5 Å². The van der Waals surface area contributed by atoms with Crippen LogP contribution in [0.5, 0.6) is 11.5 Å². The van der Waals surface area contributed by atoms with Crippen LogP contribution in [-0.2, 0) is 14.6 Å². The number of carbonyl (C=O) groups excluding carboxylic acids is 1. The number of fused-ring (bicyclic) bond motifs is 1. The molecular weight excluding hydrogens is 588 g/mol. The zero-order valence-corrected chi connectivity index (χ0v) is 27.1. The van der Waals surface area contributed by atoms with Crippen molar-refractivity contribution < 1.29 is 27.1 Å². The third-order valence-corrected chi connectivity index (χ3v) is 14.1. The lowest BCUT2D eigenvalue weighted by molar-refractivity contribution is 0.0600. The molecular formula is C28H33ClN2O6S2Si. The van der Waals surface area contributed by atoms with Crippen LogP contribution in [0.4, 0.5) is 0 Å². The molecule has 0 aliphatic heterocycles. The molecule has 0 aliphatic carbocycles. The second kappa shape index (κ2) is 10.8. The highest BCUT2D eigenvalue weighted by Gasteiger charge is 2.39. The van der Waals surface area contributed by atoms with Crippen LogP contribution in [0.15, 0.2) is 53.7 Å². The van der Waals surface area contributed by atoms with Gasteiger partial charge in [-0.3, -0.25) is 4.57 Å². The first-order valence-electron chi connectivity index (χ1n) is 12.6. The van der Waals surface area contributed by atoms with Crippen molar-refractivity contribution in [1.82, 2.24) is 9.55 Å². The number of benzene rings is 2. The van der Waals surface area contributed by atoms with E-state index in [1.807, 2.05) is 25.1 Å². The third-order valence-electron chi connectivity index (χ3n) is 7.15. The Kier molecular flexibility index (Phi) is 8.16. The molecule has 1 atom stereocenters. The molecule has 0 N–H and O–H groups in total. The van der Waals surface area contributed by atoms with Gasteiger partial charge in [-0.2, -0.15) is 0 Å². The van der Waals surface area contributed by atoms with E-state index in [0.29, 0.717) is 32.6 Å². The molecule has 0 radical (unpaired) electrons. The van der Waals surface area contributed by atoms with Gasteiger partial charge in [-0.25, -0.2) is 18.2 Å². The van der Waals surface area contributed by atoms with Crippen LogP contribution in [0, 0.1) is 0 Å². The van der Waals surface area contributed by atoms with Crippen molar-refractivity contribution in [3.05, 3.63) is 64.3 Å². The highest BCUT2D eigenvalue weighted by molar-refractivity contribution is 7.90. The van der Waals surface area contributed by atoms with E-state index in [0.717, 1.165) is 11.8 Å². The fourth-order valence-electron chi connectivity index (χ4n) is 3.80. The van der Waals surface area contributed by atoms with Crippen molar-refractivity contribution in [3.63, 3.8) is 0 Å². The van der Waals surface area contributed by atoms with Crippen LogP contribution in [0.3, 0.4) is 0 Å². The van der Waals surface area contributed by atoms with Crippen LogP contribution in [0.1, 0.15) is 49.0 Å². The van der Waals surface area contributed by atoms with Gasteiger partial charge in [0.15, 0.2) is 14.7 Å². The first kappa shape index (κ1) is 30.1. The lowest BCUT2D eigenvalue weighted by atomic mass is 10.1. The Balaban J connectivity index is 1.69. The number of halogens is 1. The Bertz CT molecular complexity index is 1690. The standard InChI is InChI=1S/C28H33ClN2O6S2Si/c1-17(19-10-9-11-22(25(19)29)37-40(7,8)28(2,3)4)36-23-15-24(38-26(23)27(32)35-5)31-16-30-20-14-18(39(6,33)34)12-13-21(20)31/h9-17H,1-8H3/t17-/m1/s1. The SMILES string of the molecule is COC(=O)c1sc(-n2cnc3cc(S(C)(=O)=O)ccc32)cc1O[C@H](C)c1cccc(O[Si](C)(C)C(C)(C)C)c1Cl. The lowest BCUT2D eigenvalue weighted by Gasteiger charge is -2.37. The van der Waals surface area contributed by atoms with Crippen LogP contribution in [0.2, 0.25) is 23.2 Å². The maximum absolute atomic E-state index is 12.7. The minimum absolute atomic E-state index is 0.000795. The highest BCUT2D eigenvalue weighted by Crippen LogP contribution is 2.42. The Hall–Kier alpha value is -2.86.